The smallest absolute Gasteiger partial charge is 0.339 e. The highest BCUT2D eigenvalue weighted by molar-refractivity contribution is 9.10. The number of nitrogens with one attached hydrogen (secondary N) is 1. The van der Waals surface area contributed by atoms with Crippen LogP contribution in [0.25, 0.3) is 6.08 Å². The molecule has 0 unspecified atom stereocenters. The number of hydrogen-bond acceptors (Lipinski definition) is 8. The summed E-state index contributed by atoms with van der Waals surface area (Å²) in [4.78, 5) is 22.0. The molecule has 3 rings (SSSR count). The molecule has 1 aliphatic rings. The van der Waals surface area contributed by atoms with Crippen LogP contribution in [0.4, 0.5) is 5.69 Å². The Bertz CT molecular complexity index is 1130. The second-order valence-electron chi connectivity index (χ2n) is 5.32. The van der Waals surface area contributed by atoms with Gasteiger partial charge in [-0.15, -0.1) is 0 Å². The molecule has 0 aromatic heterocycles. The van der Waals surface area contributed by atoms with Gasteiger partial charge in [-0.05, 0) is 36.4 Å². The highest BCUT2D eigenvalue weighted by atomic mass is 79.9. The fraction of sp³-hybridized carbons (Fsp3) is 0. The molecule has 1 saturated heterocycles. The summed E-state index contributed by atoms with van der Waals surface area (Å²) in [5.74, 6) is -0.403. The van der Waals surface area contributed by atoms with E-state index in [4.69, 9.17) is 16.4 Å². The molecule has 1 fully saturated rings. The van der Waals surface area contributed by atoms with Crippen molar-refractivity contribution >= 4 is 72.0 Å². The van der Waals surface area contributed by atoms with E-state index >= 15 is 0 Å². The van der Waals surface area contributed by atoms with Crippen molar-refractivity contribution in [1.29, 1.82) is 0 Å². The average molecular weight is 501 g/mol. The summed E-state index contributed by atoms with van der Waals surface area (Å²) in [6.45, 7) is 0. The number of amides is 1. The van der Waals surface area contributed by atoms with Crippen LogP contribution in [0.3, 0.4) is 0 Å². The minimum absolute atomic E-state index is 0.0136. The number of rotatable bonds is 5. The normalized spacial score (nSPS) is 15.5. The number of carbonyl (C=O) groups is 1. The Labute approximate surface area is 177 Å². The van der Waals surface area contributed by atoms with Gasteiger partial charge in [-0.2, -0.15) is 8.42 Å². The van der Waals surface area contributed by atoms with Crippen molar-refractivity contribution in [2.75, 3.05) is 0 Å². The molecule has 0 atom stereocenters. The summed E-state index contributed by atoms with van der Waals surface area (Å²) in [7, 11) is -4.25. The van der Waals surface area contributed by atoms with Crippen molar-refractivity contribution in [3.8, 4) is 5.75 Å². The maximum Gasteiger partial charge on any atom is 0.339 e. The van der Waals surface area contributed by atoms with Gasteiger partial charge in [0.2, 0.25) is 0 Å². The Morgan fingerprint density at radius 2 is 1.89 bits per heavy atom. The molecule has 2 aromatic carbocycles. The zero-order valence-electron chi connectivity index (χ0n) is 13.6. The zero-order valence-corrected chi connectivity index (χ0v) is 17.7. The first-order chi connectivity index (χ1) is 13.2. The van der Waals surface area contributed by atoms with Crippen LogP contribution in [0, 0.1) is 10.1 Å². The highest BCUT2D eigenvalue weighted by Gasteiger charge is 2.24. The van der Waals surface area contributed by atoms with Gasteiger partial charge in [0, 0.05) is 22.2 Å². The Balaban J connectivity index is 1.96. The second kappa shape index (κ2) is 7.99. The number of carbonyl (C=O) groups excluding carboxylic acids is 1. The lowest BCUT2D eigenvalue weighted by molar-refractivity contribution is -0.384. The summed E-state index contributed by atoms with van der Waals surface area (Å²) in [6, 6.07) is 8.90. The van der Waals surface area contributed by atoms with Crippen LogP contribution in [0.2, 0.25) is 0 Å². The SMILES string of the molecule is O=C1NC(=S)SC1=Cc1cc(Br)ccc1OS(=O)(=O)c1ccc([N+](=O)[O-])cc1. The molecular formula is C16H9BrN2O6S3. The van der Waals surface area contributed by atoms with Gasteiger partial charge in [0.1, 0.15) is 15.0 Å². The average Bonchev–Trinajstić information content (AvgIpc) is 2.94. The van der Waals surface area contributed by atoms with E-state index in [-0.39, 0.29) is 22.2 Å². The summed E-state index contributed by atoms with van der Waals surface area (Å²) in [5, 5.41) is 13.2. The number of nitro benzene ring substituents is 1. The largest absolute Gasteiger partial charge is 0.378 e. The molecule has 1 N–H and O–H groups in total. The Morgan fingerprint density at radius 3 is 2.46 bits per heavy atom. The molecule has 12 heteroatoms. The number of nitro groups is 1. The summed E-state index contributed by atoms with van der Waals surface area (Å²) in [6.07, 6.45) is 1.46. The summed E-state index contributed by atoms with van der Waals surface area (Å²) < 4.78 is 31.2. The molecule has 1 heterocycles. The van der Waals surface area contributed by atoms with Crippen LogP contribution in [-0.2, 0) is 14.9 Å². The third-order valence-corrected chi connectivity index (χ3v) is 6.34. The summed E-state index contributed by atoms with van der Waals surface area (Å²) in [5.41, 5.74) is 0.0930. The van der Waals surface area contributed by atoms with Gasteiger partial charge in [0.05, 0.1) is 9.83 Å². The van der Waals surface area contributed by atoms with Gasteiger partial charge in [-0.25, -0.2) is 0 Å². The van der Waals surface area contributed by atoms with Crippen LogP contribution in [0.5, 0.6) is 5.75 Å². The number of hydrogen-bond donors (Lipinski definition) is 1. The predicted molar refractivity (Wildman–Crippen MR) is 111 cm³/mol. The van der Waals surface area contributed by atoms with Crippen molar-refractivity contribution in [2.45, 2.75) is 4.90 Å². The number of non-ortho nitro benzene ring substituents is 1. The topological polar surface area (TPSA) is 116 Å². The van der Waals surface area contributed by atoms with Crippen LogP contribution < -0.4 is 9.50 Å². The van der Waals surface area contributed by atoms with Gasteiger partial charge in [-0.1, -0.05) is 39.9 Å². The van der Waals surface area contributed by atoms with E-state index < -0.39 is 15.0 Å². The number of nitrogens with zero attached hydrogens (tertiary/aromatic N) is 1. The van der Waals surface area contributed by atoms with E-state index in [1.54, 1.807) is 12.1 Å². The minimum atomic E-state index is -4.25. The molecule has 1 amide bonds. The molecule has 0 saturated carbocycles. The van der Waals surface area contributed by atoms with Crippen molar-refractivity contribution in [3.05, 3.63) is 67.5 Å². The number of thioether (sulfide) groups is 1. The number of halogens is 1. The fourth-order valence-corrected chi connectivity index (χ4v) is 4.54. The standard InChI is InChI=1S/C16H9BrN2O6S3/c17-10-1-6-13(9(7-10)8-14-15(20)18-16(26)27-14)25-28(23,24)12-4-2-11(3-5-12)19(21)22/h1-8H,(H,18,20,26). The van der Waals surface area contributed by atoms with Crippen LogP contribution in [0.1, 0.15) is 5.56 Å². The van der Waals surface area contributed by atoms with Gasteiger partial charge < -0.3 is 9.50 Å². The highest BCUT2D eigenvalue weighted by Crippen LogP contribution is 2.32. The van der Waals surface area contributed by atoms with E-state index in [9.17, 15) is 23.3 Å². The molecule has 144 valence electrons. The molecule has 2 aromatic rings. The lowest BCUT2D eigenvalue weighted by Gasteiger charge is -2.10. The lowest BCUT2D eigenvalue weighted by atomic mass is 10.2. The van der Waals surface area contributed by atoms with Crippen LogP contribution >= 0.6 is 39.9 Å². The van der Waals surface area contributed by atoms with E-state index in [2.05, 4.69) is 21.2 Å². The molecule has 1 aliphatic heterocycles. The molecule has 28 heavy (non-hydrogen) atoms. The van der Waals surface area contributed by atoms with E-state index in [1.807, 2.05) is 0 Å². The van der Waals surface area contributed by atoms with Crippen LogP contribution in [0.15, 0.2) is 56.7 Å². The predicted octanol–water partition coefficient (Wildman–Crippen LogP) is 3.61. The summed E-state index contributed by atoms with van der Waals surface area (Å²) >= 11 is 9.27. The van der Waals surface area contributed by atoms with E-state index in [0.29, 0.717) is 19.3 Å². The molecule has 0 bridgehead atoms. The van der Waals surface area contributed by atoms with Gasteiger partial charge in [0.15, 0.2) is 0 Å². The second-order valence-corrected chi connectivity index (χ2v) is 9.50. The first-order valence-corrected chi connectivity index (χ1v) is 10.8. The number of benzene rings is 2. The third kappa shape index (κ3) is 4.58. The Morgan fingerprint density at radius 1 is 1.21 bits per heavy atom. The number of thiocarbonyl (C=S) groups is 1. The van der Waals surface area contributed by atoms with Crippen molar-refractivity contribution < 1.29 is 22.3 Å². The molecular weight excluding hydrogens is 492 g/mol. The van der Waals surface area contributed by atoms with Crippen molar-refractivity contribution in [3.63, 3.8) is 0 Å². The fourth-order valence-electron chi connectivity index (χ4n) is 2.17. The lowest BCUT2D eigenvalue weighted by Crippen LogP contribution is -2.17. The van der Waals surface area contributed by atoms with Gasteiger partial charge >= 0.3 is 10.1 Å². The Hall–Kier alpha value is -2.28. The first kappa shape index (κ1) is 20.5. The first-order valence-electron chi connectivity index (χ1n) is 7.39. The molecule has 0 spiro atoms. The zero-order chi connectivity index (χ0) is 20.5. The van der Waals surface area contributed by atoms with E-state index in [0.717, 1.165) is 36.0 Å². The molecule has 8 nitrogen and oxygen atoms in total. The van der Waals surface area contributed by atoms with Crippen LogP contribution in [-0.4, -0.2) is 23.6 Å². The maximum atomic E-state index is 12.5. The minimum Gasteiger partial charge on any atom is -0.378 e. The Kier molecular flexibility index (Phi) is 5.84. The van der Waals surface area contributed by atoms with E-state index in [1.165, 1.54) is 12.1 Å². The quantitative estimate of drug-likeness (QED) is 0.217. The van der Waals surface area contributed by atoms with Gasteiger partial charge in [0.25, 0.3) is 11.6 Å². The monoisotopic (exact) mass is 500 g/mol. The van der Waals surface area contributed by atoms with Gasteiger partial charge in [-0.3, -0.25) is 14.9 Å². The molecule has 0 radical (unpaired) electrons. The van der Waals surface area contributed by atoms with Crippen molar-refractivity contribution in [1.82, 2.24) is 5.32 Å². The molecule has 0 aliphatic carbocycles. The van der Waals surface area contributed by atoms with Crippen molar-refractivity contribution in [2.24, 2.45) is 0 Å². The third-order valence-electron chi connectivity index (χ3n) is 3.44. The maximum absolute atomic E-state index is 12.5.